The molecule has 8 nitrogen and oxygen atoms in total. The Morgan fingerprint density at radius 2 is 0.921 bits per heavy atom. The Morgan fingerprint density at radius 3 is 1.34 bits per heavy atom. The van der Waals surface area contributed by atoms with E-state index in [2.05, 4.69) is 11.8 Å². The quantitative estimate of drug-likeness (QED) is 0.0884. The number of hydrogen-bond acceptors (Lipinski definition) is 8. The number of aliphatic hydroxyl groups excluding tert-OH is 2. The number of carbonyl (C=O) groups is 1. The molecule has 0 aliphatic carbocycles. The molecule has 0 aliphatic rings. The van der Waals surface area contributed by atoms with Crippen LogP contribution < -0.4 is 0 Å². The van der Waals surface area contributed by atoms with Gasteiger partial charge in [-0.15, -0.1) is 0 Å². The fourth-order valence-corrected chi connectivity index (χ4v) is 4.28. The van der Waals surface area contributed by atoms with Crippen LogP contribution in [0.5, 0.6) is 0 Å². The molecule has 0 amide bonds. The second-order valence-electron chi connectivity index (χ2n) is 10.0. The summed E-state index contributed by atoms with van der Waals surface area (Å²) in [5.41, 5.74) is 0. The highest BCUT2D eigenvalue weighted by molar-refractivity contribution is 5.69. The maximum atomic E-state index is 11.9. The third-order valence-corrected chi connectivity index (χ3v) is 6.60. The van der Waals surface area contributed by atoms with Gasteiger partial charge in [0.15, 0.2) is 0 Å². The summed E-state index contributed by atoms with van der Waals surface area (Å²) in [4.78, 5) is 14.1. The molecule has 0 rings (SSSR count). The lowest BCUT2D eigenvalue weighted by atomic mass is 10.0. The van der Waals surface area contributed by atoms with Crippen LogP contribution in [-0.4, -0.2) is 100 Å². The molecule has 0 heterocycles. The maximum Gasteiger partial charge on any atom is 0.305 e. The van der Waals surface area contributed by atoms with Gasteiger partial charge in [-0.1, -0.05) is 96.8 Å². The smallest absolute Gasteiger partial charge is 0.305 e. The Morgan fingerprint density at radius 1 is 0.526 bits per heavy atom. The molecule has 0 spiro atoms. The van der Waals surface area contributed by atoms with E-state index in [0.717, 1.165) is 12.8 Å². The van der Waals surface area contributed by atoms with Crippen molar-refractivity contribution >= 4 is 5.97 Å². The first-order valence-corrected chi connectivity index (χ1v) is 15.6. The number of ether oxygens (including phenoxy) is 4. The summed E-state index contributed by atoms with van der Waals surface area (Å²) in [6.45, 7) is 7.34. The van der Waals surface area contributed by atoms with Gasteiger partial charge in [0.2, 0.25) is 0 Å². The zero-order valence-corrected chi connectivity index (χ0v) is 24.7. The number of hydrogen-bond donors (Lipinski definition) is 2. The predicted molar refractivity (Wildman–Crippen MR) is 154 cm³/mol. The minimum atomic E-state index is -0.132. The van der Waals surface area contributed by atoms with E-state index in [-0.39, 0.29) is 25.8 Å². The lowest BCUT2D eigenvalue weighted by Crippen LogP contribution is -2.34. The minimum absolute atomic E-state index is 0.0148. The van der Waals surface area contributed by atoms with Gasteiger partial charge in [0.1, 0.15) is 6.61 Å². The highest BCUT2D eigenvalue weighted by atomic mass is 16.6. The van der Waals surface area contributed by atoms with Crippen LogP contribution in [0.4, 0.5) is 0 Å². The first-order chi connectivity index (χ1) is 18.7. The zero-order valence-electron chi connectivity index (χ0n) is 24.7. The molecule has 0 unspecified atom stereocenters. The summed E-state index contributed by atoms with van der Waals surface area (Å²) >= 11 is 0. The number of unbranched alkanes of at least 4 members (excludes halogenated alkanes) is 14. The van der Waals surface area contributed by atoms with Crippen molar-refractivity contribution in [1.29, 1.82) is 0 Å². The fraction of sp³-hybridized carbons (Fsp3) is 0.967. The monoisotopic (exact) mass is 547 g/mol. The van der Waals surface area contributed by atoms with Crippen LogP contribution >= 0.6 is 0 Å². The molecular weight excluding hydrogens is 486 g/mol. The molecule has 0 saturated heterocycles. The molecule has 0 aromatic heterocycles. The van der Waals surface area contributed by atoms with Crippen molar-refractivity contribution in [3.05, 3.63) is 0 Å². The maximum absolute atomic E-state index is 11.9. The van der Waals surface area contributed by atoms with E-state index in [1.165, 1.54) is 83.5 Å². The first-order valence-electron chi connectivity index (χ1n) is 15.6. The fourth-order valence-electron chi connectivity index (χ4n) is 4.28. The molecule has 0 aliphatic heterocycles. The lowest BCUT2D eigenvalue weighted by molar-refractivity contribution is -0.145. The average molecular weight is 548 g/mol. The Hall–Kier alpha value is -0.770. The summed E-state index contributed by atoms with van der Waals surface area (Å²) in [6, 6.07) is 0. The molecule has 38 heavy (non-hydrogen) atoms. The number of esters is 1. The van der Waals surface area contributed by atoms with Crippen LogP contribution in [0.25, 0.3) is 0 Å². The molecule has 0 radical (unpaired) electrons. The standard InChI is InChI=1S/C30H61NO7/c1-2-3-4-5-6-7-8-9-10-11-12-13-14-15-16-17-30(34)38-29-28-37-25-20-31(18-23-35-26-21-32)19-24-36-27-22-33/h32-33H,2-29H2,1H3. The van der Waals surface area contributed by atoms with Crippen LogP contribution in [0.15, 0.2) is 0 Å². The Labute approximate surface area is 233 Å². The molecule has 0 aromatic carbocycles. The average Bonchev–Trinajstić information content (AvgIpc) is 2.92. The van der Waals surface area contributed by atoms with Gasteiger partial charge in [-0.25, -0.2) is 0 Å². The summed E-state index contributed by atoms with van der Waals surface area (Å²) in [5, 5.41) is 17.6. The van der Waals surface area contributed by atoms with Crippen molar-refractivity contribution in [2.75, 3.05) is 79.1 Å². The van der Waals surface area contributed by atoms with E-state index in [1.54, 1.807) is 0 Å². The number of carbonyl (C=O) groups excluding carboxylic acids is 1. The molecule has 0 aromatic rings. The third kappa shape index (κ3) is 29.8. The summed E-state index contributed by atoms with van der Waals surface area (Å²) in [7, 11) is 0. The second kappa shape index (κ2) is 32.4. The van der Waals surface area contributed by atoms with Crippen LogP contribution in [-0.2, 0) is 23.7 Å². The van der Waals surface area contributed by atoms with Crippen molar-refractivity contribution in [2.24, 2.45) is 0 Å². The van der Waals surface area contributed by atoms with Crippen molar-refractivity contribution < 1.29 is 34.0 Å². The summed E-state index contributed by atoms with van der Waals surface area (Å²) < 4.78 is 21.6. The van der Waals surface area contributed by atoms with Gasteiger partial charge >= 0.3 is 5.97 Å². The van der Waals surface area contributed by atoms with E-state index in [0.29, 0.717) is 65.7 Å². The molecule has 228 valence electrons. The van der Waals surface area contributed by atoms with Gasteiger partial charge < -0.3 is 29.2 Å². The Kier molecular flexibility index (Phi) is 31.8. The largest absolute Gasteiger partial charge is 0.463 e. The van der Waals surface area contributed by atoms with E-state index < -0.39 is 0 Å². The molecule has 8 heteroatoms. The van der Waals surface area contributed by atoms with Crippen molar-refractivity contribution in [1.82, 2.24) is 4.90 Å². The molecule has 0 bridgehead atoms. The van der Waals surface area contributed by atoms with E-state index in [1.807, 2.05) is 0 Å². The van der Waals surface area contributed by atoms with E-state index in [4.69, 9.17) is 29.2 Å². The predicted octanol–water partition coefficient (Wildman–Crippen LogP) is 5.13. The van der Waals surface area contributed by atoms with Crippen LogP contribution in [0, 0.1) is 0 Å². The van der Waals surface area contributed by atoms with E-state index >= 15 is 0 Å². The lowest BCUT2D eigenvalue weighted by Gasteiger charge is -2.22. The number of rotatable bonds is 32. The second-order valence-corrected chi connectivity index (χ2v) is 10.0. The van der Waals surface area contributed by atoms with Crippen LogP contribution in [0.2, 0.25) is 0 Å². The van der Waals surface area contributed by atoms with Gasteiger partial charge in [-0.3, -0.25) is 9.69 Å². The highest BCUT2D eigenvalue weighted by Crippen LogP contribution is 2.13. The molecular formula is C30H61NO7. The SMILES string of the molecule is CCCCCCCCCCCCCCCCCC(=O)OCCOCCN(CCOCCO)CCOCCO. The topological polar surface area (TPSA) is 97.7 Å². The summed E-state index contributed by atoms with van der Waals surface area (Å²) in [5.74, 6) is -0.132. The normalized spacial score (nSPS) is 11.5. The minimum Gasteiger partial charge on any atom is -0.463 e. The van der Waals surface area contributed by atoms with Crippen LogP contribution in [0.3, 0.4) is 0 Å². The molecule has 0 atom stereocenters. The number of nitrogens with zero attached hydrogens (tertiary/aromatic N) is 1. The first kappa shape index (κ1) is 37.2. The zero-order chi connectivity index (χ0) is 27.8. The number of aliphatic hydroxyl groups is 2. The highest BCUT2D eigenvalue weighted by Gasteiger charge is 2.06. The molecule has 0 fully saturated rings. The van der Waals surface area contributed by atoms with Crippen molar-refractivity contribution in [2.45, 2.75) is 110 Å². The Balaban J connectivity index is 3.50. The summed E-state index contributed by atoms with van der Waals surface area (Å²) in [6.07, 6.45) is 20.2. The van der Waals surface area contributed by atoms with Gasteiger partial charge in [-0.05, 0) is 6.42 Å². The van der Waals surface area contributed by atoms with Gasteiger partial charge in [0.05, 0.1) is 52.9 Å². The third-order valence-electron chi connectivity index (χ3n) is 6.60. The van der Waals surface area contributed by atoms with Crippen LogP contribution in [0.1, 0.15) is 110 Å². The Bertz CT molecular complexity index is 456. The molecule has 2 N–H and O–H groups in total. The molecule has 0 saturated carbocycles. The van der Waals surface area contributed by atoms with Gasteiger partial charge in [0, 0.05) is 26.1 Å². The van der Waals surface area contributed by atoms with E-state index in [9.17, 15) is 4.79 Å². The van der Waals surface area contributed by atoms with Crippen molar-refractivity contribution in [3.8, 4) is 0 Å². The van der Waals surface area contributed by atoms with Crippen molar-refractivity contribution in [3.63, 3.8) is 0 Å². The van der Waals surface area contributed by atoms with Gasteiger partial charge in [0.25, 0.3) is 0 Å². The van der Waals surface area contributed by atoms with Gasteiger partial charge in [-0.2, -0.15) is 0 Å².